The van der Waals surface area contributed by atoms with E-state index >= 15 is 0 Å². The number of carbonyl (C=O) groups excluding carboxylic acids is 2. The van der Waals surface area contributed by atoms with E-state index in [0.29, 0.717) is 19.5 Å². The number of carbonyl (C=O) groups is 2. The maximum absolute atomic E-state index is 12.2. The topological polar surface area (TPSA) is 77.8 Å². The van der Waals surface area contributed by atoms with Gasteiger partial charge < -0.3 is 10.2 Å². The molecule has 108 valence electrons. The van der Waals surface area contributed by atoms with E-state index in [1.54, 1.807) is 0 Å². The van der Waals surface area contributed by atoms with Crippen LogP contribution in [0.1, 0.15) is 30.1 Å². The Hall–Kier alpha value is -1.88. The molecule has 5 heteroatoms. The van der Waals surface area contributed by atoms with Gasteiger partial charge in [0.25, 0.3) is 0 Å². The molecule has 1 unspecified atom stereocenters. The normalized spacial score (nSPS) is 20.1. The first-order valence-corrected chi connectivity index (χ1v) is 6.81. The predicted octanol–water partition coefficient (Wildman–Crippen LogP) is 1.58. The predicted molar refractivity (Wildman–Crippen MR) is 73.9 cm³/mol. The van der Waals surface area contributed by atoms with Crippen LogP contribution >= 0.6 is 0 Å². The Morgan fingerprint density at radius 3 is 2.80 bits per heavy atom. The Morgan fingerprint density at radius 2 is 2.15 bits per heavy atom. The molecular formula is C15H19NO4. The standard InChI is InChI=1S/C15H19NO4/c1-2-10-8-16(6-5-13(10)18)9-15(20)12-4-3-11(17)7-14(12)19/h3-4,7,10,17,19H,2,5-6,8-9H2,1H3. The number of aromatic hydroxyl groups is 2. The minimum absolute atomic E-state index is 0.00460. The molecule has 5 nitrogen and oxygen atoms in total. The number of nitrogens with zero attached hydrogens (tertiary/aromatic N) is 1. The molecule has 1 heterocycles. The van der Waals surface area contributed by atoms with Gasteiger partial charge in [0, 0.05) is 31.5 Å². The van der Waals surface area contributed by atoms with Crippen LogP contribution in [-0.4, -0.2) is 46.3 Å². The van der Waals surface area contributed by atoms with Crippen molar-refractivity contribution in [2.45, 2.75) is 19.8 Å². The second-order valence-electron chi connectivity index (χ2n) is 5.18. The second-order valence-corrected chi connectivity index (χ2v) is 5.18. The van der Waals surface area contributed by atoms with Gasteiger partial charge in [-0.2, -0.15) is 0 Å². The molecule has 0 bridgehead atoms. The highest BCUT2D eigenvalue weighted by Gasteiger charge is 2.27. The fourth-order valence-electron chi connectivity index (χ4n) is 2.52. The molecule has 2 rings (SSSR count). The zero-order valence-corrected chi connectivity index (χ0v) is 11.5. The van der Waals surface area contributed by atoms with Gasteiger partial charge in [0.05, 0.1) is 12.1 Å². The van der Waals surface area contributed by atoms with Crippen molar-refractivity contribution in [3.05, 3.63) is 23.8 Å². The average molecular weight is 277 g/mol. The molecule has 2 N–H and O–H groups in total. The molecule has 0 saturated carbocycles. The third-order valence-corrected chi connectivity index (χ3v) is 3.75. The van der Waals surface area contributed by atoms with Crippen LogP contribution in [0.2, 0.25) is 0 Å². The lowest BCUT2D eigenvalue weighted by molar-refractivity contribution is -0.126. The molecule has 1 fully saturated rings. The smallest absolute Gasteiger partial charge is 0.180 e. The number of ketones is 2. The molecule has 0 spiro atoms. The first kappa shape index (κ1) is 14.5. The van der Waals surface area contributed by atoms with E-state index in [1.807, 2.05) is 11.8 Å². The van der Waals surface area contributed by atoms with Crippen LogP contribution in [0.4, 0.5) is 0 Å². The summed E-state index contributed by atoms with van der Waals surface area (Å²) in [4.78, 5) is 25.7. The number of hydrogen-bond acceptors (Lipinski definition) is 5. The zero-order valence-electron chi connectivity index (χ0n) is 11.5. The highest BCUT2D eigenvalue weighted by Crippen LogP contribution is 2.24. The molecule has 1 saturated heterocycles. The van der Waals surface area contributed by atoms with E-state index in [4.69, 9.17) is 0 Å². The Kier molecular flexibility index (Phi) is 4.39. The third kappa shape index (κ3) is 3.17. The summed E-state index contributed by atoms with van der Waals surface area (Å²) in [6.45, 7) is 3.33. The zero-order chi connectivity index (χ0) is 14.7. The fourth-order valence-corrected chi connectivity index (χ4v) is 2.52. The van der Waals surface area contributed by atoms with Gasteiger partial charge in [-0.3, -0.25) is 14.5 Å². The largest absolute Gasteiger partial charge is 0.508 e. The maximum Gasteiger partial charge on any atom is 0.180 e. The highest BCUT2D eigenvalue weighted by atomic mass is 16.3. The number of phenolic OH excluding ortho intramolecular Hbond substituents is 2. The monoisotopic (exact) mass is 277 g/mol. The van der Waals surface area contributed by atoms with Crippen molar-refractivity contribution < 1.29 is 19.8 Å². The van der Waals surface area contributed by atoms with Crippen molar-refractivity contribution in [1.29, 1.82) is 0 Å². The number of hydrogen-bond donors (Lipinski definition) is 2. The SMILES string of the molecule is CCC1CN(CC(=O)c2ccc(O)cc2O)CCC1=O. The molecule has 0 radical (unpaired) electrons. The molecule has 0 aromatic heterocycles. The minimum atomic E-state index is -0.213. The Morgan fingerprint density at radius 1 is 1.40 bits per heavy atom. The quantitative estimate of drug-likeness (QED) is 0.817. The van der Waals surface area contributed by atoms with Gasteiger partial charge in [-0.05, 0) is 18.6 Å². The molecule has 0 amide bonds. The number of Topliss-reactive ketones (excluding diaryl/α,β-unsaturated/α-hetero) is 2. The van der Waals surface area contributed by atoms with Crippen LogP contribution in [0, 0.1) is 5.92 Å². The van der Waals surface area contributed by atoms with Gasteiger partial charge >= 0.3 is 0 Å². The van der Waals surface area contributed by atoms with Gasteiger partial charge in [0.1, 0.15) is 17.3 Å². The van der Waals surface area contributed by atoms with Gasteiger partial charge in [-0.15, -0.1) is 0 Å². The highest BCUT2D eigenvalue weighted by molar-refractivity contribution is 6.00. The Balaban J connectivity index is 2.03. The molecule has 0 aliphatic carbocycles. The fraction of sp³-hybridized carbons (Fsp3) is 0.467. The first-order valence-electron chi connectivity index (χ1n) is 6.81. The van der Waals surface area contributed by atoms with Crippen LogP contribution in [0.3, 0.4) is 0 Å². The summed E-state index contributed by atoms with van der Waals surface area (Å²) in [5.41, 5.74) is 0.202. The number of rotatable bonds is 4. The van der Waals surface area contributed by atoms with Crippen molar-refractivity contribution in [2.24, 2.45) is 5.92 Å². The molecule has 1 aromatic carbocycles. The van der Waals surface area contributed by atoms with Crippen LogP contribution in [0.5, 0.6) is 11.5 Å². The minimum Gasteiger partial charge on any atom is -0.508 e. The lowest BCUT2D eigenvalue weighted by Gasteiger charge is -2.30. The van der Waals surface area contributed by atoms with Gasteiger partial charge in [-0.25, -0.2) is 0 Å². The number of piperidine rings is 1. The van der Waals surface area contributed by atoms with Crippen molar-refractivity contribution >= 4 is 11.6 Å². The molecule has 1 aliphatic rings. The van der Waals surface area contributed by atoms with Gasteiger partial charge in [0.2, 0.25) is 0 Å². The van der Waals surface area contributed by atoms with E-state index in [2.05, 4.69) is 0 Å². The number of phenols is 2. The van der Waals surface area contributed by atoms with Gasteiger partial charge in [-0.1, -0.05) is 6.92 Å². The van der Waals surface area contributed by atoms with Crippen molar-refractivity contribution in [3.63, 3.8) is 0 Å². The summed E-state index contributed by atoms with van der Waals surface area (Å²) in [5.74, 6) is -0.218. The molecule has 20 heavy (non-hydrogen) atoms. The average Bonchev–Trinajstić information content (AvgIpc) is 2.40. The summed E-state index contributed by atoms with van der Waals surface area (Å²) in [6, 6.07) is 3.95. The first-order chi connectivity index (χ1) is 9.51. The lowest BCUT2D eigenvalue weighted by atomic mass is 9.94. The van der Waals surface area contributed by atoms with Crippen LogP contribution in [0.15, 0.2) is 18.2 Å². The summed E-state index contributed by atoms with van der Waals surface area (Å²) in [7, 11) is 0. The van der Waals surface area contributed by atoms with E-state index < -0.39 is 0 Å². The summed E-state index contributed by atoms with van der Waals surface area (Å²) in [5, 5.41) is 18.9. The van der Waals surface area contributed by atoms with E-state index in [-0.39, 0.29) is 41.1 Å². The Bertz CT molecular complexity index is 527. The second kappa shape index (κ2) is 6.05. The molecule has 1 atom stereocenters. The van der Waals surface area contributed by atoms with Gasteiger partial charge in [0.15, 0.2) is 5.78 Å². The molecule has 1 aromatic rings. The van der Waals surface area contributed by atoms with Crippen LogP contribution in [0.25, 0.3) is 0 Å². The van der Waals surface area contributed by atoms with Crippen LogP contribution < -0.4 is 0 Å². The summed E-state index contributed by atoms with van der Waals surface area (Å²) in [6.07, 6.45) is 1.27. The number of likely N-dealkylation sites (tertiary alicyclic amines) is 1. The van der Waals surface area contributed by atoms with Crippen molar-refractivity contribution in [1.82, 2.24) is 4.90 Å². The van der Waals surface area contributed by atoms with E-state index in [0.717, 1.165) is 12.5 Å². The number of benzene rings is 1. The molecular weight excluding hydrogens is 258 g/mol. The van der Waals surface area contributed by atoms with E-state index in [1.165, 1.54) is 12.1 Å². The summed E-state index contributed by atoms with van der Waals surface area (Å²) < 4.78 is 0. The lowest BCUT2D eigenvalue weighted by Crippen LogP contribution is -2.42. The third-order valence-electron chi connectivity index (χ3n) is 3.75. The van der Waals surface area contributed by atoms with Crippen LogP contribution in [-0.2, 0) is 4.79 Å². The maximum atomic E-state index is 12.2. The van der Waals surface area contributed by atoms with Crippen molar-refractivity contribution in [3.8, 4) is 11.5 Å². The molecule has 1 aliphatic heterocycles. The van der Waals surface area contributed by atoms with E-state index in [9.17, 15) is 19.8 Å². The summed E-state index contributed by atoms with van der Waals surface area (Å²) >= 11 is 0. The Labute approximate surface area is 117 Å². The van der Waals surface area contributed by atoms with Crippen molar-refractivity contribution in [2.75, 3.05) is 19.6 Å².